The van der Waals surface area contributed by atoms with Crippen LogP contribution in [0, 0.1) is 5.92 Å². The Morgan fingerprint density at radius 3 is 2.45 bits per heavy atom. The molecule has 0 atom stereocenters. The van der Waals surface area contributed by atoms with Gasteiger partial charge in [0.2, 0.25) is 0 Å². The Morgan fingerprint density at radius 1 is 1.07 bits per heavy atom. The topological polar surface area (TPSA) is 40.0 Å². The zero-order valence-corrected chi connectivity index (χ0v) is 19.0. The molecular weight excluding hydrogens is 456 g/mol. The number of halogens is 4. The van der Waals surface area contributed by atoms with Gasteiger partial charge >= 0.3 is 0 Å². The summed E-state index contributed by atoms with van der Waals surface area (Å²) in [5.74, 6) is 1.29. The standard InChI is InChI=1S/C21H21Cl4NO3/c1-14(2)12-29-26-11-15-4-3-5-16(8-15)13-28-21-18(22)9-17(10-19(21)23)27-7-6-20(24)25/h3-6,8-11,14H,7,12-13H2,1-2H3/b26-11+. The third kappa shape index (κ3) is 8.75. The van der Waals surface area contributed by atoms with E-state index in [-0.39, 0.29) is 11.1 Å². The fourth-order valence-corrected chi connectivity index (χ4v) is 2.87. The SMILES string of the molecule is CC(C)CO/N=C/c1cccc(COc2c(Cl)cc(OCC=C(Cl)Cl)cc2Cl)c1. The first-order valence-corrected chi connectivity index (χ1v) is 10.4. The van der Waals surface area contributed by atoms with Gasteiger partial charge in [-0.25, -0.2) is 0 Å². The van der Waals surface area contributed by atoms with Crippen LogP contribution in [0.1, 0.15) is 25.0 Å². The van der Waals surface area contributed by atoms with Gasteiger partial charge in [0.25, 0.3) is 0 Å². The van der Waals surface area contributed by atoms with Gasteiger partial charge in [-0.1, -0.05) is 83.6 Å². The number of benzene rings is 2. The fraction of sp³-hybridized carbons (Fsp3) is 0.286. The molecule has 29 heavy (non-hydrogen) atoms. The molecule has 0 heterocycles. The van der Waals surface area contributed by atoms with Crippen LogP contribution in [-0.2, 0) is 11.4 Å². The van der Waals surface area contributed by atoms with Crippen LogP contribution in [0.2, 0.25) is 10.0 Å². The smallest absolute Gasteiger partial charge is 0.157 e. The van der Waals surface area contributed by atoms with Gasteiger partial charge in [0.15, 0.2) is 5.75 Å². The van der Waals surface area contributed by atoms with E-state index in [2.05, 4.69) is 19.0 Å². The van der Waals surface area contributed by atoms with Crippen molar-refractivity contribution in [2.24, 2.45) is 11.1 Å². The Hall–Kier alpha value is -1.59. The lowest BCUT2D eigenvalue weighted by atomic mass is 10.1. The van der Waals surface area contributed by atoms with Crippen LogP contribution >= 0.6 is 46.4 Å². The molecule has 0 bridgehead atoms. The van der Waals surface area contributed by atoms with Crippen molar-refractivity contribution in [3.63, 3.8) is 0 Å². The predicted octanol–water partition coefficient (Wildman–Crippen LogP) is 7.28. The third-order valence-corrected chi connectivity index (χ3v) is 4.35. The maximum absolute atomic E-state index is 6.29. The minimum Gasteiger partial charge on any atom is -0.489 e. The van der Waals surface area contributed by atoms with Crippen molar-refractivity contribution >= 4 is 52.6 Å². The van der Waals surface area contributed by atoms with Gasteiger partial charge in [-0.05, 0) is 29.2 Å². The number of nitrogens with zero attached hydrogens (tertiary/aromatic N) is 1. The maximum atomic E-state index is 6.29. The van der Waals surface area contributed by atoms with Crippen molar-refractivity contribution in [3.05, 3.63) is 68.1 Å². The number of rotatable bonds is 10. The molecule has 0 unspecified atom stereocenters. The van der Waals surface area contributed by atoms with Crippen molar-refractivity contribution in [3.8, 4) is 11.5 Å². The van der Waals surface area contributed by atoms with E-state index in [1.165, 1.54) is 6.08 Å². The average molecular weight is 477 g/mol. The quantitative estimate of drug-likeness (QED) is 0.267. The minimum atomic E-state index is 0.126. The van der Waals surface area contributed by atoms with Gasteiger partial charge in [-0.3, -0.25) is 0 Å². The first kappa shape index (κ1) is 23.7. The second-order valence-electron chi connectivity index (χ2n) is 6.48. The molecular formula is C21H21Cl4NO3. The lowest BCUT2D eigenvalue weighted by Crippen LogP contribution is -1.99. The lowest BCUT2D eigenvalue weighted by Gasteiger charge is -2.12. The van der Waals surface area contributed by atoms with E-state index in [1.807, 2.05) is 24.3 Å². The van der Waals surface area contributed by atoms with E-state index in [1.54, 1.807) is 18.3 Å². The Morgan fingerprint density at radius 2 is 1.79 bits per heavy atom. The molecule has 0 aliphatic carbocycles. The highest BCUT2D eigenvalue weighted by Crippen LogP contribution is 2.37. The van der Waals surface area contributed by atoms with Crippen LogP contribution < -0.4 is 9.47 Å². The normalized spacial score (nSPS) is 11.0. The van der Waals surface area contributed by atoms with Crippen LogP contribution in [0.25, 0.3) is 0 Å². The molecule has 0 N–H and O–H groups in total. The molecule has 0 aliphatic rings. The second-order valence-corrected chi connectivity index (χ2v) is 8.30. The molecule has 0 fully saturated rings. The highest BCUT2D eigenvalue weighted by atomic mass is 35.5. The van der Waals surface area contributed by atoms with Gasteiger partial charge < -0.3 is 14.3 Å². The van der Waals surface area contributed by atoms with Crippen LogP contribution in [0.3, 0.4) is 0 Å². The van der Waals surface area contributed by atoms with E-state index >= 15 is 0 Å². The number of ether oxygens (including phenoxy) is 2. The summed E-state index contributed by atoms with van der Waals surface area (Å²) < 4.78 is 11.4. The highest BCUT2D eigenvalue weighted by molar-refractivity contribution is 6.55. The van der Waals surface area contributed by atoms with Crippen LogP contribution in [0.5, 0.6) is 11.5 Å². The summed E-state index contributed by atoms with van der Waals surface area (Å²) in [7, 11) is 0. The first-order valence-electron chi connectivity index (χ1n) is 8.85. The maximum Gasteiger partial charge on any atom is 0.157 e. The van der Waals surface area contributed by atoms with E-state index in [0.717, 1.165) is 11.1 Å². The van der Waals surface area contributed by atoms with Gasteiger partial charge in [-0.2, -0.15) is 0 Å². The third-order valence-electron chi connectivity index (χ3n) is 3.48. The van der Waals surface area contributed by atoms with Crippen molar-refractivity contribution in [2.45, 2.75) is 20.5 Å². The summed E-state index contributed by atoms with van der Waals surface area (Å²) in [5, 5.41) is 4.65. The molecule has 0 saturated carbocycles. The Kier molecular flexibility index (Phi) is 9.95. The Labute approximate surface area is 190 Å². The molecule has 0 saturated heterocycles. The molecule has 0 radical (unpaired) electrons. The zero-order valence-electron chi connectivity index (χ0n) is 16.0. The summed E-state index contributed by atoms with van der Waals surface area (Å²) in [5.41, 5.74) is 1.84. The lowest BCUT2D eigenvalue weighted by molar-refractivity contribution is 0.120. The Bertz CT molecular complexity index is 842. The van der Waals surface area contributed by atoms with Crippen LogP contribution in [-0.4, -0.2) is 19.4 Å². The number of hydrogen-bond donors (Lipinski definition) is 0. The molecule has 2 aromatic carbocycles. The summed E-state index contributed by atoms with van der Waals surface area (Å²) in [6, 6.07) is 11.0. The summed E-state index contributed by atoms with van der Waals surface area (Å²) in [6.07, 6.45) is 3.18. The highest BCUT2D eigenvalue weighted by Gasteiger charge is 2.11. The van der Waals surface area contributed by atoms with Crippen LogP contribution in [0.4, 0.5) is 0 Å². The van der Waals surface area contributed by atoms with E-state index < -0.39 is 0 Å². The van der Waals surface area contributed by atoms with E-state index in [0.29, 0.717) is 40.7 Å². The van der Waals surface area contributed by atoms with E-state index in [9.17, 15) is 0 Å². The van der Waals surface area contributed by atoms with Crippen molar-refractivity contribution in [1.29, 1.82) is 0 Å². The molecule has 2 aromatic rings. The summed E-state index contributed by atoms with van der Waals surface area (Å²) in [6.45, 7) is 5.19. The Balaban J connectivity index is 1.99. The van der Waals surface area contributed by atoms with Crippen molar-refractivity contribution in [1.82, 2.24) is 0 Å². The molecule has 0 spiro atoms. The van der Waals surface area contributed by atoms with Gasteiger partial charge in [-0.15, -0.1) is 0 Å². The summed E-state index contributed by atoms with van der Waals surface area (Å²) >= 11 is 23.7. The van der Waals surface area contributed by atoms with Gasteiger partial charge in [0, 0.05) is 12.1 Å². The molecule has 0 amide bonds. The minimum absolute atomic E-state index is 0.126. The van der Waals surface area contributed by atoms with Crippen LogP contribution in [0.15, 0.2) is 52.1 Å². The molecule has 4 nitrogen and oxygen atoms in total. The molecule has 0 aliphatic heterocycles. The zero-order chi connectivity index (χ0) is 21.2. The molecule has 0 aromatic heterocycles. The number of oxime groups is 1. The number of hydrogen-bond acceptors (Lipinski definition) is 4. The van der Waals surface area contributed by atoms with Crippen molar-refractivity contribution in [2.75, 3.05) is 13.2 Å². The molecule has 8 heteroatoms. The first-order chi connectivity index (χ1) is 13.8. The second kappa shape index (κ2) is 12.2. The molecule has 2 rings (SSSR count). The van der Waals surface area contributed by atoms with Gasteiger partial charge in [0.05, 0.1) is 16.3 Å². The monoisotopic (exact) mass is 475 g/mol. The predicted molar refractivity (Wildman–Crippen MR) is 121 cm³/mol. The van der Waals surface area contributed by atoms with Crippen molar-refractivity contribution < 1.29 is 14.3 Å². The van der Waals surface area contributed by atoms with E-state index in [4.69, 9.17) is 60.7 Å². The largest absolute Gasteiger partial charge is 0.489 e. The molecule has 156 valence electrons. The fourth-order valence-electron chi connectivity index (χ4n) is 2.17. The average Bonchev–Trinajstić information content (AvgIpc) is 2.64. The summed E-state index contributed by atoms with van der Waals surface area (Å²) in [4.78, 5) is 5.23. The van der Waals surface area contributed by atoms with Gasteiger partial charge in [0.1, 0.15) is 30.1 Å².